The van der Waals surface area contributed by atoms with Gasteiger partial charge >= 0.3 is 12.0 Å². The van der Waals surface area contributed by atoms with Crippen molar-refractivity contribution < 1.29 is 14.7 Å². The lowest BCUT2D eigenvalue weighted by atomic mass is 9.82. The predicted molar refractivity (Wildman–Crippen MR) is 71.9 cm³/mol. The van der Waals surface area contributed by atoms with Crippen molar-refractivity contribution in [3.05, 3.63) is 18.2 Å². The van der Waals surface area contributed by atoms with Crippen LogP contribution in [0.4, 0.5) is 4.79 Å². The summed E-state index contributed by atoms with van der Waals surface area (Å²) < 4.78 is 0. The van der Waals surface area contributed by atoms with Gasteiger partial charge in [0.1, 0.15) is 0 Å². The zero-order valence-corrected chi connectivity index (χ0v) is 11.3. The van der Waals surface area contributed by atoms with Gasteiger partial charge in [-0.15, -0.1) is 0 Å². The molecule has 110 valence electrons. The lowest BCUT2D eigenvalue weighted by molar-refractivity contribution is -0.143. The van der Waals surface area contributed by atoms with Crippen LogP contribution >= 0.6 is 0 Å². The van der Waals surface area contributed by atoms with Crippen LogP contribution in [0, 0.1) is 11.8 Å². The molecule has 0 atom stereocenters. The molecule has 2 amide bonds. The number of H-pyrrole nitrogens is 1. The number of carbonyl (C=O) groups excluding carboxylic acids is 1. The predicted octanol–water partition coefficient (Wildman–Crippen LogP) is 1.10. The Morgan fingerprint density at radius 2 is 2.05 bits per heavy atom. The molecule has 0 radical (unpaired) electrons. The van der Waals surface area contributed by atoms with Gasteiger partial charge in [0.25, 0.3) is 0 Å². The van der Waals surface area contributed by atoms with Gasteiger partial charge in [-0.05, 0) is 31.6 Å². The molecular formula is C13H20N4O3. The van der Waals surface area contributed by atoms with Crippen LogP contribution in [0.5, 0.6) is 0 Å². The Hall–Kier alpha value is -2.05. The molecule has 1 aliphatic rings. The molecular weight excluding hydrogens is 260 g/mol. The van der Waals surface area contributed by atoms with Crippen molar-refractivity contribution in [2.24, 2.45) is 11.8 Å². The van der Waals surface area contributed by atoms with E-state index in [0.717, 1.165) is 18.5 Å². The van der Waals surface area contributed by atoms with Gasteiger partial charge in [-0.2, -0.15) is 0 Å². The zero-order chi connectivity index (χ0) is 14.4. The molecule has 7 heteroatoms. The van der Waals surface area contributed by atoms with Gasteiger partial charge in [-0.3, -0.25) is 4.79 Å². The topological polar surface area (TPSA) is 107 Å². The second-order valence-corrected chi connectivity index (χ2v) is 5.20. The van der Waals surface area contributed by atoms with Gasteiger partial charge in [0.15, 0.2) is 0 Å². The van der Waals surface area contributed by atoms with Crippen molar-refractivity contribution in [3.63, 3.8) is 0 Å². The van der Waals surface area contributed by atoms with Crippen molar-refractivity contribution in [1.82, 2.24) is 20.6 Å². The van der Waals surface area contributed by atoms with Crippen molar-refractivity contribution in [1.29, 1.82) is 0 Å². The number of nitrogens with zero attached hydrogens (tertiary/aromatic N) is 1. The maximum Gasteiger partial charge on any atom is 0.315 e. The lowest BCUT2D eigenvalue weighted by Gasteiger charge is -2.26. The first-order chi connectivity index (χ1) is 9.65. The van der Waals surface area contributed by atoms with Crippen LogP contribution in [0.15, 0.2) is 12.5 Å². The molecule has 0 aromatic carbocycles. The minimum atomic E-state index is -0.700. The number of imidazole rings is 1. The van der Waals surface area contributed by atoms with Crippen molar-refractivity contribution in [2.45, 2.75) is 32.2 Å². The first kappa shape index (κ1) is 14.4. The quantitative estimate of drug-likeness (QED) is 0.647. The third kappa shape index (κ3) is 4.25. The number of rotatable bonds is 5. The molecule has 1 saturated carbocycles. The van der Waals surface area contributed by atoms with E-state index in [4.69, 9.17) is 5.11 Å². The molecule has 0 saturated heterocycles. The highest BCUT2D eigenvalue weighted by Gasteiger charge is 2.25. The number of carboxylic acid groups (broad SMARTS) is 1. The summed E-state index contributed by atoms with van der Waals surface area (Å²) in [5.41, 5.74) is 0.849. The highest BCUT2D eigenvalue weighted by Crippen LogP contribution is 2.28. The van der Waals surface area contributed by atoms with Gasteiger partial charge in [0.2, 0.25) is 0 Å². The number of hydrogen-bond acceptors (Lipinski definition) is 3. The maximum atomic E-state index is 11.6. The molecule has 0 spiro atoms. The lowest BCUT2D eigenvalue weighted by Crippen LogP contribution is -2.39. The molecule has 0 unspecified atom stereocenters. The summed E-state index contributed by atoms with van der Waals surface area (Å²) in [6.45, 7) is 1.01. The Balaban J connectivity index is 1.61. The maximum absolute atomic E-state index is 11.6. The summed E-state index contributed by atoms with van der Waals surface area (Å²) in [6, 6.07) is -0.208. The largest absolute Gasteiger partial charge is 0.481 e. The van der Waals surface area contributed by atoms with Crippen LogP contribution in [0.25, 0.3) is 0 Å². The van der Waals surface area contributed by atoms with Crippen molar-refractivity contribution in [3.8, 4) is 0 Å². The van der Waals surface area contributed by atoms with Crippen molar-refractivity contribution in [2.75, 3.05) is 6.54 Å². The highest BCUT2D eigenvalue weighted by molar-refractivity contribution is 5.73. The molecule has 7 nitrogen and oxygen atoms in total. The number of nitrogens with one attached hydrogen (secondary N) is 3. The minimum absolute atomic E-state index is 0.208. The van der Waals surface area contributed by atoms with E-state index in [2.05, 4.69) is 20.6 Å². The average molecular weight is 280 g/mol. The number of aliphatic carboxylic acids is 1. The summed E-state index contributed by atoms with van der Waals surface area (Å²) in [7, 11) is 0. The fourth-order valence-corrected chi connectivity index (χ4v) is 2.47. The van der Waals surface area contributed by atoms with E-state index >= 15 is 0 Å². The van der Waals surface area contributed by atoms with E-state index in [1.54, 1.807) is 12.5 Å². The molecule has 1 fully saturated rings. The number of aromatic nitrogens is 2. The first-order valence-corrected chi connectivity index (χ1v) is 6.87. The smallest absolute Gasteiger partial charge is 0.315 e. The first-order valence-electron chi connectivity index (χ1n) is 6.87. The normalized spacial score (nSPS) is 22.2. The van der Waals surface area contributed by atoms with Crippen LogP contribution in [0.3, 0.4) is 0 Å². The molecule has 4 N–H and O–H groups in total. The standard InChI is InChI=1S/C13H20N4O3/c18-12(19)10-3-1-9(2-4-10)5-15-13(20)16-7-11-6-14-8-17-11/h6,8-10H,1-5,7H2,(H,14,17)(H,18,19)(H2,15,16,20). The molecule has 1 aliphatic carbocycles. The van der Waals surface area contributed by atoms with E-state index in [1.165, 1.54) is 0 Å². The summed E-state index contributed by atoms with van der Waals surface area (Å²) in [5.74, 6) is -0.530. The second kappa shape index (κ2) is 6.93. The van der Waals surface area contributed by atoms with Gasteiger partial charge < -0.3 is 20.7 Å². The number of carboxylic acids is 1. The molecule has 20 heavy (non-hydrogen) atoms. The number of hydrogen-bond donors (Lipinski definition) is 4. The summed E-state index contributed by atoms with van der Waals surface area (Å²) in [6.07, 6.45) is 6.35. The fourth-order valence-electron chi connectivity index (χ4n) is 2.47. The van der Waals surface area contributed by atoms with Crippen LogP contribution < -0.4 is 10.6 Å². The number of aromatic amines is 1. The second-order valence-electron chi connectivity index (χ2n) is 5.20. The molecule has 0 aliphatic heterocycles. The Morgan fingerprint density at radius 3 is 2.65 bits per heavy atom. The van der Waals surface area contributed by atoms with Crippen LogP contribution in [-0.4, -0.2) is 33.6 Å². The van der Waals surface area contributed by atoms with E-state index in [-0.39, 0.29) is 11.9 Å². The molecule has 1 aromatic rings. The fraction of sp³-hybridized carbons (Fsp3) is 0.615. The minimum Gasteiger partial charge on any atom is -0.481 e. The third-order valence-corrected chi connectivity index (χ3v) is 3.74. The van der Waals surface area contributed by atoms with Crippen LogP contribution in [0.2, 0.25) is 0 Å². The number of urea groups is 1. The van der Waals surface area contributed by atoms with E-state index in [1.807, 2.05) is 0 Å². The van der Waals surface area contributed by atoms with Gasteiger partial charge in [-0.25, -0.2) is 9.78 Å². The Morgan fingerprint density at radius 1 is 1.30 bits per heavy atom. The highest BCUT2D eigenvalue weighted by atomic mass is 16.4. The van der Waals surface area contributed by atoms with E-state index < -0.39 is 5.97 Å². The molecule has 1 heterocycles. The average Bonchev–Trinajstić information content (AvgIpc) is 2.96. The van der Waals surface area contributed by atoms with Crippen molar-refractivity contribution >= 4 is 12.0 Å². The monoisotopic (exact) mass is 280 g/mol. The summed E-state index contributed by atoms with van der Waals surface area (Å²) in [4.78, 5) is 29.2. The van der Waals surface area contributed by atoms with Gasteiger partial charge in [0, 0.05) is 12.7 Å². The molecule has 2 rings (SSSR count). The van der Waals surface area contributed by atoms with Gasteiger partial charge in [0.05, 0.1) is 24.5 Å². The van der Waals surface area contributed by atoms with E-state index in [0.29, 0.717) is 31.8 Å². The van der Waals surface area contributed by atoms with Crippen LogP contribution in [0.1, 0.15) is 31.4 Å². The van der Waals surface area contributed by atoms with Crippen LogP contribution in [-0.2, 0) is 11.3 Å². The number of amides is 2. The zero-order valence-electron chi connectivity index (χ0n) is 11.3. The Kier molecular flexibility index (Phi) is 4.97. The van der Waals surface area contributed by atoms with E-state index in [9.17, 15) is 9.59 Å². The molecule has 1 aromatic heterocycles. The Bertz CT molecular complexity index is 438. The summed E-state index contributed by atoms with van der Waals surface area (Å²) in [5, 5.41) is 14.5. The molecule has 0 bridgehead atoms. The van der Waals surface area contributed by atoms with Gasteiger partial charge in [-0.1, -0.05) is 0 Å². The SMILES string of the molecule is O=C(NCc1cnc[nH]1)NCC1CCC(C(=O)O)CC1. The summed E-state index contributed by atoms with van der Waals surface area (Å²) >= 11 is 0. The Labute approximate surface area is 117 Å². The number of carbonyl (C=O) groups is 2. The third-order valence-electron chi connectivity index (χ3n) is 3.74.